The molecule has 3 aromatic rings. The van der Waals surface area contributed by atoms with E-state index < -0.39 is 5.54 Å². The normalized spacial score (nSPS) is 24.0. The zero-order chi connectivity index (χ0) is 23.4. The lowest BCUT2D eigenvalue weighted by atomic mass is 9.81. The number of hydrogen-bond donors (Lipinski definition) is 2. The lowest BCUT2D eigenvalue weighted by Crippen LogP contribution is -2.53. The zero-order valence-corrected chi connectivity index (χ0v) is 19.6. The van der Waals surface area contributed by atoms with E-state index in [4.69, 9.17) is 4.74 Å². The first-order chi connectivity index (χ1) is 16.5. The number of carbonyl (C=O) groups is 2. The summed E-state index contributed by atoms with van der Waals surface area (Å²) in [6.45, 7) is 5.51. The van der Waals surface area contributed by atoms with Gasteiger partial charge in [-0.2, -0.15) is 0 Å². The van der Waals surface area contributed by atoms with Crippen LogP contribution in [0, 0.1) is 0 Å². The summed E-state index contributed by atoms with van der Waals surface area (Å²) >= 11 is 0. The molecule has 2 aliphatic heterocycles. The Morgan fingerprint density at radius 2 is 1.94 bits per heavy atom. The molecule has 34 heavy (non-hydrogen) atoms. The molecule has 0 bridgehead atoms. The van der Waals surface area contributed by atoms with Crippen LogP contribution < -0.4 is 10.1 Å². The average molecular weight is 459 g/mol. The molecule has 6 rings (SSSR count). The van der Waals surface area contributed by atoms with E-state index >= 15 is 0 Å². The van der Waals surface area contributed by atoms with Crippen molar-refractivity contribution in [2.45, 2.75) is 50.7 Å². The fraction of sp³-hybridized carbons (Fsp3) is 0.407. The molecule has 1 saturated heterocycles. The maximum Gasteiger partial charge on any atom is 0.328 e. The first-order valence-corrected chi connectivity index (χ1v) is 12.2. The Labute approximate surface area is 199 Å². The highest BCUT2D eigenvalue weighted by Gasteiger charge is 2.60. The number of ether oxygens (including phenoxy) is 1. The summed E-state index contributed by atoms with van der Waals surface area (Å²) in [5.41, 5.74) is 3.10. The number of nitrogens with zero attached hydrogens (tertiary/aromatic N) is 2. The van der Waals surface area contributed by atoms with Gasteiger partial charge in [0.1, 0.15) is 17.3 Å². The molecular formula is C27H30N4O3. The number of H-pyrrole nitrogens is 1. The highest BCUT2D eigenvalue weighted by atomic mass is 16.5. The minimum Gasteiger partial charge on any atom is -0.494 e. The molecule has 3 aliphatic rings. The summed E-state index contributed by atoms with van der Waals surface area (Å²) in [7, 11) is 0. The monoisotopic (exact) mass is 458 g/mol. The SMILES string of the molecule is CCOc1ccc2[nH]c3c(c2c1)C[C@@]1(C)C(=O)N(CCNC2CC2)C(=O)N1C3c1ccccc1. The highest BCUT2D eigenvalue weighted by Crippen LogP contribution is 2.48. The maximum absolute atomic E-state index is 13.8. The van der Waals surface area contributed by atoms with E-state index in [0.717, 1.165) is 33.5 Å². The van der Waals surface area contributed by atoms with E-state index in [1.54, 1.807) is 0 Å². The summed E-state index contributed by atoms with van der Waals surface area (Å²) in [5.74, 6) is 0.694. The quantitative estimate of drug-likeness (QED) is 0.525. The van der Waals surface area contributed by atoms with E-state index in [9.17, 15) is 9.59 Å². The number of imide groups is 1. The molecule has 2 fully saturated rings. The summed E-state index contributed by atoms with van der Waals surface area (Å²) in [6.07, 6.45) is 2.82. The minimum atomic E-state index is -0.944. The van der Waals surface area contributed by atoms with Gasteiger partial charge in [0.05, 0.1) is 6.61 Å². The Balaban J connectivity index is 1.46. The predicted octanol–water partition coefficient (Wildman–Crippen LogP) is 3.99. The van der Waals surface area contributed by atoms with Crippen molar-refractivity contribution in [3.05, 3.63) is 65.4 Å². The minimum absolute atomic E-state index is 0.114. The van der Waals surface area contributed by atoms with Crippen LogP contribution in [-0.4, -0.2) is 58.0 Å². The average Bonchev–Trinajstić information content (AvgIpc) is 3.57. The molecule has 7 nitrogen and oxygen atoms in total. The largest absolute Gasteiger partial charge is 0.494 e. The lowest BCUT2D eigenvalue weighted by Gasteiger charge is -2.42. The van der Waals surface area contributed by atoms with Gasteiger partial charge >= 0.3 is 6.03 Å². The second-order valence-corrected chi connectivity index (χ2v) is 9.76. The number of amides is 3. The molecular weight excluding hydrogens is 428 g/mol. The number of urea groups is 1. The van der Waals surface area contributed by atoms with E-state index in [1.807, 2.05) is 67.3 Å². The number of aromatic nitrogens is 1. The van der Waals surface area contributed by atoms with Crippen molar-refractivity contribution in [3.8, 4) is 5.75 Å². The van der Waals surface area contributed by atoms with Crippen LogP contribution in [0.5, 0.6) is 5.75 Å². The standard InChI is InChI=1S/C27H30N4O3/c1-3-34-19-11-12-22-20(15-19)21-16-27(2)25(32)30(14-13-28-18-9-10-18)26(33)31(27)24(23(21)29-22)17-7-5-4-6-8-17/h4-8,11-12,15,18,24,28-29H,3,9-10,13-14,16H2,1-2H3/t24?,27-/m0/s1. The molecule has 7 heteroatoms. The molecule has 2 atom stereocenters. The van der Waals surface area contributed by atoms with Crippen LogP contribution >= 0.6 is 0 Å². The molecule has 2 aromatic carbocycles. The lowest BCUT2D eigenvalue weighted by molar-refractivity contribution is -0.133. The van der Waals surface area contributed by atoms with Crippen LogP contribution in [0.3, 0.4) is 0 Å². The Morgan fingerprint density at radius 1 is 1.15 bits per heavy atom. The third-order valence-corrected chi connectivity index (χ3v) is 7.41. The van der Waals surface area contributed by atoms with E-state index in [2.05, 4.69) is 10.3 Å². The third-order valence-electron chi connectivity index (χ3n) is 7.41. The molecule has 0 spiro atoms. The van der Waals surface area contributed by atoms with Crippen LogP contribution in [0.15, 0.2) is 48.5 Å². The van der Waals surface area contributed by atoms with Crippen LogP contribution in [0.1, 0.15) is 49.6 Å². The fourth-order valence-electron chi connectivity index (χ4n) is 5.60. The van der Waals surface area contributed by atoms with Crippen LogP contribution in [0.4, 0.5) is 4.79 Å². The molecule has 2 N–H and O–H groups in total. The summed E-state index contributed by atoms with van der Waals surface area (Å²) < 4.78 is 5.76. The topological polar surface area (TPSA) is 77.7 Å². The Kier molecular flexibility index (Phi) is 4.92. The number of rotatable bonds is 7. The third kappa shape index (κ3) is 3.21. The number of aromatic amines is 1. The Morgan fingerprint density at radius 3 is 2.68 bits per heavy atom. The predicted molar refractivity (Wildman–Crippen MR) is 130 cm³/mol. The second kappa shape index (κ2) is 7.87. The summed E-state index contributed by atoms with van der Waals surface area (Å²) in [6, 6.07) is 16.0. The summed E-state index contributed by atoms with van der Waals surface area (Å²) in [5, 5.41) is 4.48. The van der Waals surface area contributed by atoms with E-state index in [1.165, 1.54) is 17.7 Å². The molecule has 1 aromatic heterocycles. The van der Waals surface area contributed by atoms with Crippen molar-refractivity contribution in [2.24, 2.45) is 0 Å². The molecule has 3 amide bonds. The number of nitrogens with one attached hydrogen (secondary N) is 2. The number of carbonyl (C=O) groups excluding carboxylic acids is 2. The second-order valence-electron chi connectivity index (χ2n) is 9.76. The van der Waals surface area contributed by atoms with Crippen LogP contribution in [0.25, 0.3) is 10.9 Å². The van der Waals surface area contributed by atoms with Gasteiger partial charge in [-0.05, 0) is 56.0 Å². The van der Waals surface area contributed by atoms with Crippen molar-refractivity contribution >= 4 is 22.8 Å². The van der Waals surface area contributed by atoms with E-state index in [-0.39, 0.29) is 18.0 Å². The molecule has 176 valence electrons. The molecule has 1 unspecified atom stereocenters. The first kappa shape index (κ1) is 21.2. The van der Waals surface area contributed by atoms with Crippen LogP contribution in [-0.2, 0) is 11.2 Å². The van der Waals surface area contributed by atoms with Gasteiger partial charge in [-0.25, -0.2) is 4.79 Å². The first-order valence-electron chi connectivity index (χ1n) is 12.2. The van der Waals surface area contributed by atoms with Gasteiger partial charge in [0.15, 0.2) is 0 Å². The van der Waals surface area contributed by atoms with Gasteiger partial charge in [-0.15, -0.1) is 0 Å². The van der Waals surface area contributed by atoms with Crippen molar-refractivity contribution < 1.29 is 14.3 Å². The molecule has 0 radical (unpaired) electrons. The van der Waals surface area contributed by atoms with Crippen molar-refractivity contribution in [1.29, 1.82) is 0 Å². The number of benzene rings is 2. The number of hydrogen-bond acceptors (Lipinski definition) is 4. The van der Waals surface area contributed by atoms with Crippen molar-refractivity contribution in [2.75, 3.05) is 19.7 Å². The van der Waals surface area contributed by atoms with Crippen molar-refractivity contribution in [1.82, 2.24) is 20.1 Å². The van der Waals surface area contributed by atoms with Gasteiger partial charge in [0.25, 0.3) is 5.91 Å². The smallest absolute Gasteiger partial charge is 0.328 e. The zero-order valence-electron chi connectivity index (χ0n) is 19.6. The maximum atomic E-state index is 13.8. The van der Waals surface area contributed by atoms with Gasteiger partial charge < -0.3 is 15.0 Å². The van der Waals surface area contributed by atoms with Crippen LogP contribution in [0.2, 0.25) is 0 Å². The van der Waals surface area contributed by atoms with Gasteiger partial charge in [0, 0.05) is 42.1 Å². The molecule has 1 saturated carbocycles. The van der Waals surface area contributed by atoms with E-state index in [0.29, 0.717) is 32.2 Å². The molecule has 3 heterocycles. The van der Waals surface area contributed by atoms with Gasteiger partial charge in [-0.3, -0.25) is 14.6 Å². The van der Waals surface area contributed by atoms with Gasteiger partial charge in [0.2, 0.25) is 0 Å². The van der Waals surface area contributed by atoms with Crippen molar-refractivity contribution in [3.63, 3.8) is 0 Å². The number of fused-ring (bicyclic) bond motifs is 4. The summed E-state index contributed by atoms with van der Waals surface area (Å²) in [4.78, 5) is 34.4. The Hall–Kier alpha value is -3.32. The van der Waals surface area contributed by atoms with Gasteiger partial charge in [-0.1, -0.05) is 30.3 Å². The molecule has 1 aliphatic carbocycles. The fourth-order valence-corrected chi connectivity index (χ4v) is 5.60. The highest BCUT2D eigenvalue weighted by molar-refractivity contribution is 6.08. The Bertz CT molecular complexity index is 1270.